The van der Waals surface area contributed by atoms with Crippen LogP contribution >= 0.6 is 0 Å². The lowest BCUT2D eigenvalue weighted by atomic mass is 10.2. The first-order valence-electron chi connectivity index (χ1n) is 2.36. The van der Waals surface area contributed by atoms with Gasteiger partial charge in [-0.25, -0.2) is 0 Å². The van der Waals surface area contributed by atoms with Crippen LogP contribution in [0.1, 0.15) is 6.92 Å². The van der Waals surface area contributed by atoms with E-state index in [1.165, 1.54) is 6.07 Å². The predicted molar refractivity (Wildman–Crippen MR) is 32.7 cm³/mol. The minimum absolute atomic E-state index is 0.962. The highest BCUT2D eigenvalue weighted by Gasteiger charge is 2.26. The lowest BCUT2D eigenvalue weighted by Gasteiger charge is -2.09. The van der Waals surface area contributed by atoms with Crippen molar-refractivity contribution in [1.82, 2.24) is 0 Å². The SMILES string of the molecule is CC(O)(C#N)CS(=O)(=O)O. The first kappa shape index (κ1) is 9.36. The maximum Gasteiger partial charge on any atom is 0.268 e. The zero-order chi connectivity index (χ0) is 8.41. The summed E-state index contributed by atoms with van der Waals surface area (Å²) in [5, 5.41) is 16.8. The van der Waals surface area contributed by atoms with Crippen molar-refractivity contribution in [2.45, 2.75) is 12.5 Å². The first-order valence-corrected chi connectivity index (χ1v) is 3.96. The molecule has 1 unspecified atom stereocenters. The van der Waals surface area contributed by atoms with Gasteiger partial charge >= 0.3 is 0 Å². The van der Waals surface area contributed by atoms with E-state index in [0.717, 1.165) is 6.92 Å². The lowest BCUT2D eigenvalue weighted by Crippen LogP contribution is -2.31. The van der Waals surface area contributed by atoms with E-state index in [4.69, 9.17) is 14.9 Å². The van der Waals surface area contributed by atoms with Gasteiger partial charge in [0, 0.05) is 0 Å². The maximum absolute atomic E-state index is 10.1. The molecule has 0 spiro atoms. The Balaban J connectivity index is 4.35. The quantitative estimate of drug-likeness (QED) is 0.410. The minimum Gasteiger partial charge on any atom is -0.374 e. The van der Waals surface area contributed by atoms with Crippen LogP contribution in [0.4, 0.5) is 0 Å². The zero-order valence-corrected chi connectivity index (χ0v) is 6.09. The topological polar surface area (TPSA) is 98.4 Å². The summed E-state index contributed by atoms with van der Waals surface area (Å²) in [5.41, 5.74) is -2.01. The molecule has 0 rings (SSSR count). The van der Waals surface area contributed by atoms with Crippen molar-refractivity contribution in [2.75, 3.05) is 5.75 Å². The minimum atomic E-state index is -4.27. The van der Waals surface area contributed by atoms with Crippen LogP contribution in [0, 0.1) is 11.3 Å². The van der Waals surface area contributed by atoms with E-state index in [2.05, 4.69) is 0 Å². The molecule has 0 radical (unpaired) electrons. The summed E-state index contributed by atoms with van der Waals surface area (Å²) in [7, 11) is -4.27. The van der Waals surface area contributed by atoms with Crippen molar-refractivity contribution in [3.8, 4) is 6.07 Å². The van der Waals surface area contributed by atoms with E-state index in [-0.39, 0.29) is 0 Å². The molecule has 6 heteroatoms. The van der Waals surface area contributed by atoms with Gasteiger partial charge in [0.25, 0.3) is 10.1 Å². The van der Waals surface area contributed by atoms with E-state index in [0.29, 0.717) is 0 Å². The van der Waals surface area contributed by atoms with Gasteiger partial charge in [-0.05, 0) is 6.92 Å². The highest BCUT2D eigenvalue weighted by molar-refractivity contribution is 7.85. The summed E-state index contributed by atoms with van der Waals surface area (Å²) in [6, 6.07) is 1.31. The van der Waals surface area contributed by atoms with Crippen LogP contribution in [0.15, 0.2) is 0 Å². The molecule has 0 aromatic carbocycles. The Kier molecular flexibility index (Phi) is 2.37. The van der Waals surface area contributed by atoms with Gasteiger partial charge in [-0.15, -0.1) is 0 Å². The summed E-state index contributed by atoms with van der Waals surface area (Å²) in [6.07, 6.45) is 0. The number of hydrogen-bond acceptors (Lipinski definition) is 4. The third-order valence-corrected chi connectivity index (χ3v) is 1.63. The van der Waals surface area contributed by atoms with Gasteiger partial charge in [0.1, 0.15) is 5.75 Å². The first-order chi connectivity index (χ1) is 4.27. The van der Waals surface area contributed by atoms with Crippen LogP contribution in [-0.4, -0.2) is 29.4 Å². The molecule has 0 aliphatic heterocycles. The van der Waals surface area contributed by atoms with Crippen LogP contribution in [0.2, 0.25) is 0 Å². The van der Waals surface area contributed by atoms with E-state index in [9.17, 15) is 8.42 Å². The van der Waals surface area contributed by atoms with Crippen LogP contribution in [0.5, 0.6) is 0 Å². The summed E-state index contributed by atoms with van der Waals surface area (Å²) < 4.78 is 28.2. The standard InChI is InChI=1S/C4H7NO4S/c1-4(6,2-5)3-10(7,8)9/h6H,3H2,1H3,(H,7,8,9). The van der Waals surface area contributed by atoms with Gasteiger partial charge in [0.2, 0.25) is 0 Å². The average Bonchev–Trinajstić information content (AvgIpc) is 1.60. The molecule has 10 heavy (non-hydrogen) atoms. The highest BCUT2D eigenvalue weighted by atomic mass is 32.2. The molecule has 0 saturated carbocycles. The average molecular weight is 165 g/mol. The second kappa shape index (κ2) is 2.54. The molecule has 0 fully saturated rings. The third kappa shape index (κ3) is 4.26. The summed E-state index contributed by atoms with van der Waals surface area (Å²) in [4.78, 5) is 0. The molecule has 0 heterocycles. The number of nitriles is 1. The van der Waals surface area contributed by atoms with Crippen LogP contribution in [0.3, 0.4) is 0 Å². The zero-order valence-electron chi connectivity index (χ0n) is 5.27. The summed E-state index contributed by atoms with van der Waals surface area (Å²) in [6.45, 7) is 1.00. The monoisotopic (exact) mass is 165 g/mol. The molecule has 1 atom stereocenters. The van der Waals surface area contributed by atoms with Crippen molar-refractivity contribution in [3.05, 3.63) is 0 Å². The molecule has 0 amide bonds. The van der Waals surface area contributed by atoms with Crippen LogP contribution in [0.25, 0.3) is 0 Å². The van der Waals surface area contributed by atoms with Crippen LogP contribution in [-0.2, 0) is 10.1 Å². The molecule has 0 saturated heterocycles. The summed E-state index contributed by atoms with van der Waals surface area (Å²) >= 11 is 0. The largest absolute Gasteiger partial charge is 0.374 e. The molecule has 0 aromatic heterocycles. The Morgan fingerprint density at radius 2 is 2.10 bits per heavy atom. The Morgan fingerprint density at radius 3 is 2.20 bits per heavy atom. The molecular formula is C4H7NO4S. The van der Waals surface area contributed by atoms with Crippen LogP contribution < -0.4 is 0 Å². The van der Waals surface area contributed by atoms with Gasteiger partial charge in [-0.1, -0.05) is 0 Å². The summed E-state index contributed by atoms with van der Waals surface area (Å²) in [5.74, 6) is -0.962. The normalized spacial score (nSPS) is 17.4. The number of rotatable bonds is 2. The molecule has 0 aliphatic carbocycles. The maximum atomic E-state index is 10.1. The lowest BCUT2D eigenvalue weighted by molar-refractivity contribution is 0.142. The number of nitrogens with zero attached hydrogens (tertiary/aromatic N) is 1. The Morgan fingerprint density at radius 1 is 1.70 bits per heavy atom. The van der Waals surface area contributed by atoms with Crippen molar-refractivity contribution in [2.24, 2.45) is 0 Å². The van der Waals surface area contributed by atoms with E-state index < -0.39 is 21.5 Å². The second-order valence-electron chi connectivity index (χ2n) is 2.11. The molecule has 0 aromatic rings. The van der Waals surface area contributed by atoms with Crippen molar-refractivity contribution >= 4 is 10.1 Å². The van der Waals surface area contributed by atoms with E-state index >= 15 is 0 Å². The second-order valence-corrected chi connectivity index (χ2v) is 3.56. The third-order valence-electron chi connectivity index (χ3n) is 0.704. The van der Waals surface area contributed by atoms with Gasteiger partial charge in [0.05, 0.1) is 6.07 Å². The molecule has 0 bridgehead atoms. The Labute approximate surface area is 58.6 Å². The van der Waals surface area contributed by atoms with Crippen molar-refractivity contribution < 1.29 is 18.1 Å². The fraction of sp³-hybridized carbons (Fsp3) is 0.750. The smallest absolute Gasteiger partial charge is 0.268 e. The fourth-order valence-corrected chi connectivity index (χ4v) is 1.16. The van der Waals surface area contributed by atoms with Crippen molar-refractivity contribution in [1.29, 1.82) is 5.26 Å². The van der Waals surface area contributed by atoms with Gasteiger partial charge in [-0.2, -0.15) is 13.7 Å². The van der Waals surface area contributed by atoms with Gasteiger partial charge in [-0.3, -0.25) is 4.55 Å². The van der Waals surface area contributed by atoms with Crippen molar-refractivity contribution in [3.63, 3.8) is 0 Å². The number of hydrogen-bond donors (Lipinski definition) is 2. The Hall–Kier alpha value is -0.640. The molecule has 2 N–H and O–H groups in total. The molecular weight excluding hydrogens is 158 g/mol. The van der Waals surface area contributed by atoms with E-state index in [1.54, 1.807) is 0 Å². The fourth-order valence-electron chi connectivity index (χ4n) is 0.387. The highest BCUT2D eigenvalue weighted by Crippen LogP contribution is 2.03. The van der Waals surface area contributed by atoms with Gasteiger partial charge < -0.3 is 5.11 Å². The molecule has 58 valence electrons. The Bertz CT molecular complexity index is 247. The molecule has 5 nitrogen and oxygen atoms in total. The molecule has 0 aliphatic rings. The van der Waals surface area contributed by atoms with E-state index in [1.807, 2.05) is 0 Å². The van der Waals surface area contributed by atoms with Gasteiger partial charge in [0.15, 0.2) is 5.60 Å². The number of aliphatic hydroxyl groups is 1. The predicted octanol–water partition coefficient (Wildman–Crippen LogP) is -0.851.